The SMILES string of the molecule is ClC(CCCC1CCOCC1)c1ccccc1. The topological polar surface area (TPSA) is 9.23 Å². The van der Waals surface area contributed by atoms with Crippen LogP contribution in [0.2, 0.25) is 0 Å². The maximum atomic E-state index is 6.40. The molecule has 0 aromatic heterocycles. The summed E-state index contributed by atoms with van der Waals surface area (Å²) in [5.74, 6) is 0.864. The highest BCUT2D eigenvalue weighted by molar-refractivity contribution is 6.20. The van der Waals surface area contributed by atoms with Crippen LogP contribution in [-0.2, 0) is 4.74 Å². The van der Waals surface area contributed by atoms with Gasteiger partial charge in [-0.2, -0.15) is 0 Å². The van der Waals surface area contributed by atoms with Crippen LogP contribution >= 0.6 is 11.6 Å². The molecular weight excluding hydrogens is 232 g/mol. The number of halogens is 1. The minimum atomic E-state index is 0.177. The first kappa shape index (κ1) is 12.9. The van der Waals surface area contributed by atoms with E-state index in [0.29, 0.717) is 0 Å². The highest BCUT2D eigenvalue weighted by atomic mass is 35.5. The van der Waals surface area contributed by atoms with Gasteiger partial charge in [-0.1, -0.05) is 43.2 Å². The molecule has 1 aliphatic rings. The van der Waals surface area contributed by atoms with Crippen molar-refractivity contribution in [1.29, 1.82) is 0 Å². The third kappa shape index (κ3) is 4.33. The van der Waals surface area contributed by atoms with E-state index in [2.05, 4.69) is 24.3 Å². The summed E-state index contributed by atoms with van der Waals surface area (Å²) in [5.41, 5.74) is 1.25. The van der Waals surface area contributed by atoms with E-state index in [1.165, 1.54) is 31.2 Å². The Balaban J connectivity index is 1.67. The summed E-state index contributed by atoms with van der Waals surface area (Å²) in [6.45, 7) is 1.90. The molecule has 0 amide bonds. The summed E-state index contributed by atoms with van der Waals surface area (Å²) in [5, 5.41) is 0.177. The standard InChI is InChI=1S/C15H21ClO/c16-15(14-6-2-1-3-7-14)8-4-5-13-9-11-17-12-10-13/h1-3,6-7,13,15H,4-5,8-12H2. The molecule has 2 heteroatoms. The zero-order valence-electron chi connectivity index (χ0n) is 10.3. The van der Waals surface area contributed by atoms with Gasteiger partial charge >= 0.3 is 0 Å². The molecular formula is C15H21ClO. The number of rotatable bonds is 5. The minimum Gasteiger partial charge on any atom is -0.381 e. The molecule has 1 saturated heterocycles. The second-order valence-corrected chi connectivity index (χ2v) is 5.39. The Kier molecular flexibility index (Phi) is 5.34. The Hall–Kier alpha value is -0.530. The van der Waals surface area contributed by atoms with E-state index >= 15 is 0 Å². The summed E-state index contributed by atoms with van der Waals surface area (Å²) in [6, 6.07) is 10.4. The van der Waals surface area contributed by atoms with Crippen molar-refractivity contribution >= 4 is 11.6 Å². The fourth-order valence-electron chi connectivity index (χ4n) is 2.45. The van der Waals surface area contributed by atoms with Gasteiger partial charge < -0.3 is 4.74 Å². The molecule has 0 N–H and O–H groups in total. The molecule has 94 valence electrons. The van der Waals surface area contributed by atoms with Crippen molar-refractivity contribution in [3.8, 4) is 0 Å². The zero-order chi connectivity index (χ0) is 11.9. The molecule has 2 rings (SSSR count). The van der Waals surface area contributed by atoms with Crippen molar-refractivity contribution in [3.05, 3.63) is 35.9 Å². The average molecular weight is 253 g/mol. The second-order valence-electron chi connectivity index (χ2n) is 4.86. The van der Waals surface area contributed by atoms with Gasteiger partial charge in [0.1, 0.15) is 0 Å². The third-order valence-corrected chi connectivity index (χ3v) is 4.04. The van der Waals surface area contributed by atoms with Crippen molar-refractivity contribution in [1.82, 2.24) is 0 Å². The fourth-order valence-corrected chi connectivity index (χ4v) is 2.75. The summed E-state index contributed by atoms with van der Waals surface area (Å²) in [4.78, 5) is 0. The summed E-state index contributed by atoms with van der Waals surface area (Å²) < 4.78 is 5.37. The zero-order valence-corrected chi connectivity index (χ0v) is 11.0. The maximum Gasteiger partial charge on any atom is 0.0585 e. The van der Waals surface area contributed by atoms with E-state index < -0.39 is 0 Å². The van der Waals surface area contributed by atoms with Gasteiger partial charge in [0.2, 0.25) is 0 Å². The number of hydrogen-bond acceptors (Lipinski definition) is 1. The molecule has 1 unspecified atom stereocenters. The van der Waals surface area contributed by atoms with Crippen LogP contribution in [-0.4, -0.2) is 13.2 Å². The lowest BCUT2D eigenvalue weighted by molar-refractivity contribution is 0.0631. The lowest BCUT2D eigenvalue weighted by Gasteiger charge is -2.22. The molecule has 1 fully saturated rings. The fraction of sp³-hybridized carbons (Fsp3) is 0.600. The molecule has 0 bridgehead atoms. The Morgan fingerprint density at radius 1 is 1.18 bits per heavy atom. The Morgan fingerprint density at radius 2 is 1.88 bits per heavy atom. The third-order valence-electron chi connectivity index (χ3n) is 3.57. The molecule has 0 saturated carbocycles. The first-order valence-corrected chi connectivity index (χ1v) is 7.06. The van der Waals surface area contributed by atoms with E-state index in [0.717, 1.165) is 25.6 Å². The van der Waals surface area contributed by atoms with Crippen LogP contribution in [0.15, 0.2) is 30.3 Å². The van der Waals surface area contributed by atoms with E-state index in [9.17, 15) is 0 Å². The van der Waals surface area contributed by atoms with Crippen LogP contribution < -0.4 is 0 Å². The first-order valence-electron chi connectivity index (χ1n) is 6.63. The van der Waals surface area contributed by atoms with E-state index in [4.69, 9.17) is 16.3 Å². The number of benzene rings is 1. The molecule has 0 radical (unpaired) electrons. The molecule has 17 heavy (non-hydrogen) atoms. The summed E-state index contributed by atoms with van der Waals surface area (Å²) >= 11 is 6.40. The van der Waals surface area contributed by atoms with Crippen molar-refractivity contribution in [2.75, 3.05) is 13.2 Å². The minimum absolute atomic E-state index is 0.177. The molecule has 0 aliphatic carbocycles. The molecule has 0 spiro atoms. The van der Waals surface area contributed by atoms with Crippen molar-refractivity contribution in [3.63, 3.8) is 0 Å². The molecule has 1 aliphatic heterocycles. The lowest BCUT2D eigenvalue weighted by atomic mass is 9.93. The average Bonchev–Trinajstić information content (AvgIpc) is 2.41. The monoisotopic (exact) mass is 252 g/mol. The van der Waals surface area contributed by atoms with Crippen molar-refractivity contribution < 1.29 is 4.74 Å². The highest BCUT2D eigenvalue weighted by Crippen LogP contribution is 2.28. The Morgan fingerprint density at radius 3 is 2.59 bits per heavy atom. The van der Waals surface area contributed by atoms with Gasteiger partial charge in [0, 0.05) is 13.2 Å². The molecule has 1 aromatic rings. The van der Waals surface area contributed by atoms with Crippen LogP contribution in [0.4, 0.5) is 0 Å². The lowest BCUT2D eigenvalue weighted by Crippen LogP contribution is -2.15. The van der Waals surface area contributed by atoms with E-state index in [1.807, 2.05) is 6.07 Å². The number of ether oxygens (including phenoxy) is 1. The van der Waals surface area contributed by atoms with Crippen molar-refractivity contribution in [2.45, 2.75) is 37.5 Å². The van der Waals surface area contributed by atoms with Crippen LogP contribution in [0.5, 0.6) is 0 Å². The Bertz CT molecular complexity index is 306. The number of alkyl halides is 1. The van der Waals surface area contributed by atoms with E-state index in [1.54, 1.807) is 0 Å². The largest absolute Gasteiger partial charge is 0.381 e. The quantitative estimate of drug-likeness (QED) is 0.698. The van der Waals surface area contributed by atoms with Gasteiger partial charge in [-0.15, -0.1) is 11.6 Å². The van der Waals surface area contributed by atoms with Gasteiger partial charge in [-0.3, -0.25) is 0 Å². The van der Waals surface area contributed by atoms with Crippen LogP contribution in [0.1, 0.15) is 43.0 Å². The molecule has 1 atom stereocenters. The molecule has 1 aromatic carbocycles. The van der Waals surface area contributed by atoms with Crippen LogP contribution in [0, 0.1) is 5.92 Å². The van der Waals surface area contributed by atoms with E-state index in [-0.39, 0.29) is 5.38 Å². The van der Waals surface area contributed by atoms with Crippen LogP contribution in [0.25, 0.3) is 0 Å². The maximum absolute atomic E-state index is 6.40. The van der Waals surface area contributed by atoms with Gasteiger partial charge in [-0.05, 0) is 30.7 Å². The molecule has 1 heterocycles. The predicted molar refractivity (Wildman–Crippen MR) is 72.4 cm³/mol. The van der Waals surface area contributed by atoms with Crippen molar-refractivity contribution in [2.24, 2.45) is 5.92 Å². The van der Waals surface area contributed by atoms with Gasteiger partial charge in [-0.25, -0.2) is 0 Å². The normalized spacial score (nSPS) is 19.1. The van der Waals surface area contributed by atoms with Gasteiger partial charge in [0.05, 0.1) is 5.38 Å². The Labute approximate surface area is 109 Å². The summed E-state index contributed by atoms with van der Waals surface area (Å²) in [6.07, 6.45) is 6.09. The summed E-state index contributed by atoms with van der Waals surface area (Å²) in [7, 11) is 0. The smallest absolute Gasteiger partial charge is 0.0585 e. The first-order chi connectivity index (χ1) is 8.36. The van der Waals surface area contributed by atoms with Crippen LogP contribution in [0.3, 0.4) is 0 Å². The van der Waals surface area contributed by atoms with Gasteiger partial charge in [0.15, 0.2) is 0 Å². The highest BCUT2D eigenvalue weighted by Gasteiger charge is 2.14. The second kappa shape index (κ2) is 7.03. The number of hydrogen-bond donors (Lipinski definition) is 0. The molecule has 1 nitrogen and oxygen atoms in total. The van der Waals surface area contributed by atoms with Gasteiger partial charge in [0.25, 0.3) is 0 Å². The predicted octanol–water partition coefficient (Wildman–Crippen LogP) is 4.56.